The zero-order chi connectivity index (χ0) is 15.4. The molecule has 0 saturated carbocycles. The van der Waals surface area contributed by atoms with E-state index in [4.69, 9.17) is 11.6 Å². The van der Waals surface area contributed by atoms with Gasteiger partial charge in [0.1, 0.15) is 0 Å². The number of carbonyl (C=O) groups excluding carboxylic acids is 1. The highest BCUT2D eigenvalue weighted by atomic mass is 35.5. The van der Waals surface area contributed by atoms with Crippen LogP contribution in [0.5, 0.6) is 0 Å². The molecule has 3 aromatic rings. The molecular formula is C18H17ClN2O. The van der Waals surface area contributed by atoms with Gasteiger partial charge in [-0.05, 0) is 48.7 Å². The van der Waals surface area contributed by atoms with Crippen LogP contribution in [-0.4, -0.2) is 10.9 Å². The summed E-state index contributed by atoms with van der Waals surface area (Å²) >= 11 is 5.82. The molecule has 0 aliphatic rings. The van der Waals surface area contributed by atoms with E-state index >= 15 is 0 Å². The molecule has 1 amide bonds. The van der Waals surface area contributed by atoms with Crippen LogP contribution in [0, 0.1) is 0 Å². The summed E-state index contributed by atoms with van der Waals surface area (Å²) in [5.74, 6) is 0.0298. The third-order valence-corrected chi connectivity index (χ3v) is 3.90. The molecule has 1 heterocycles. The van der Waals surface area contributed by atoms with Crippen LogP contribution in [0.2, 0.25) is 5.02 Å². The van der Waals surface area contributed by atoms with Gasteiger partial charge in [0.2, 0.25) is 5.91 Å². The molecule has 0 saturated heterocycles. The highest BCUT2D eigenvalue weighted by Gasteiger charge is 2.06. The number of aryl methyl sites for hydroxylation is 1. The van der Waals surface area contributed by atoms with Crippen molar-refractivity contribution in [2.75, 3.05) is 5.32 Å². The fourth-order valence-electron chi connectivity index (χ4n) is 2.53. The van der Waals surface area contributed by atoms with Crippen molar-refractivity contribution < 1.29 is 4.79 Å². The lowest BCUT2D eigenvalue weighted by Gasteiger charge is -2.05. The van der Waals surface area contributed by atoms with E-state index in [9.17, 15) is 4.79 Å². The zero-order valence-electron chi connectivity index (χ0n) is 12.1. The van der Waals surface area contributed by atoms with E-state index in [0.29, 0.717) is 11.4 Å². The Kier molecular flexibility index (Phi) is 4.45. The van der Waals surface area contributed by atoms with Gasteiger partial charge in [0.25, 0.3) is 0 Å². The first kappa shape index (κ1) is 14.7. The lowest BCUT2D eigenvalue weighted by molar-refractivity contribution is -0.116. The molecule has 2 aromatic carbocycles. The number of amides is 1. The second-order valence-corrected chi connectivity index (χ2v) is 5.70. The van der Waals surface area contributed by atoms with Crippen molar-refractivity contribution in [2.24, 2.45) is 0 Å². The molecule has 3 nitrogen and oxygen atoms in total. The summed E-state index contributed by atoms with van der Waals surface area (Å²) in [7, 11) is 0. The number of fused-ring (bicyclic) bond motifs is 1. The Bertz CT molecular complexity index is 777. The Balaban J connectivity index is 1.52. The van der Waals surface area contributed by atoms with Crippen LogP contribution in [0.4, 0.5) is 5.69 Å². The summed E-state index contributed by atoms with van der Waals surface area (Å²) < 4.78 is 0. The number of benzene rings is 2. The molecule has 0 unspecified atom stereocenters. The molecular weight excluding hydrogens is 296 g/mol. The largest absolute Gasteiger partial charge is 0.361 e. The van der Waals surface area contributed by atoms with Gasteiger partial charge < -0.3 is 10.3 Å². The van der Waals surface area contributed by atoms with Crippen molar-refractivity contribution in [3.8, 4) is 0 Å². The van der Waals surface area contributed by atoms with Crippen LogP contribution in [0.25, 0.3) is 10.9 Å². The number of carbonyl (C=O) groups is 1. The topological polar surface area (TPSA) is 44.9 Å². The fraction of sp³-hybridized carbons (Fsp3) is 0.167. The summed E-state index contributed by atoms with van der Waals surface area (Å²) in [6.07, 6.45) is 4.24. The van der Waals surface area contributed by atoms with Gasteiger partial charge in [-0.2, -0.15) is 0 Å². The number of anilines is 1. The van der Waals surface area contributed by atoms with E-state index in [1.54, 1.807) is 24.3 Å². The average molecular weight is 313 g/mol. The summed E-state index contributed by atoms with van der Waals surface area (Å²) in [4.78, 5) is 15.2. The van der Waals surface area contributed by atoms with Crippen molar-refractivity contribution in [3.05, 3.63) is 65.3 Å². The second-order valence-electron chi connectivity index (χ2n) is 5.27. The van der Waals surface area contributed by atoms with Crippen LogP contribution in [0.15, 0.2) is 54.7 Å². The number of nitrogens with one attached hydrogen (secondary N) is 2. The number of halogens is 1. The van der Waals surface area contributed by atoms with Crippen LogP contribution < -0.4 is 5.32 Å². The normalized spacial score (nSPS) is 10.8. The Morgan fingerprint density at radius 3 is 2.68 bits per heavy atom. The van der Waals surface area contributed by atoms with E-state index in [0.717, 1.165) is 24.0 Å². The smallest absolute Gasteiger partial charge is 0.224 e. The first-order valence-electron chi connectivity index (χ1n) is 7.33. The standard InChI is InChI=1S/C18H17ClN2O/c19-14-8-10-15(11-9-14)21-18(22)7-3-4-13-12-20-17-6-2-1-5-16(13)17/h1-2,5-6,8-12,20H,3-4,7H2,(H,21,22). The third kappa shape index (κ3) is 3.49. The molecule has 22 heavy (non-hydrogen) atoms. The molecule has 2 N–H and O–H groups in total. The number of aromatic amines is 1. The molecule has 0 spiro atoms. The predicted molar refractivity (Wildman–Crippen MR) is 91.3 cm³/mol. The Labute approximate surface area is 134 Å². The minimum Gasteiger partial charge on any atom is -0.361 e. The Morgan fingerprint density at radius 2 is 1.86 bits per heavy atom. The van der Waals surface area contributed by atoms with Gasteiger partial charge in [-0.15, -0.1) is 0 Å². The maximum absolute atomic E-state index is 11.9. The number of aromatic nitrogens is 1. The Morgan fingerprint density at radius 1 is 1.09 bits per heavy atom. The molecule has 0 aliphatic carbocycles. The van der Waals surface area contributed by atoms with Crippen LogP contribution in [0.1, 0.15) is 18.4 Å². The van der Waals surface area contributed by atoms with E-state index in [2.05, 4.69) is 22.4 Å². The van der Waals surface area contributed by atoms with Gasteiger partial charge in [-0.3, -0.25) is 4.79 Å². The molecule has 0 bridgehead atoms. The van der Waals surface area contributed by atoms with E-state index in [1.165, 1.54) is 10.9 Å². The maximum atomic E-state index is 11.9. The van der Waals surface area contributed by atoms with E-state index in [1.807, 2.05) is 18.3 Å². The molecule has 0 radical (unpaired) electrons. The van der Waals surface area contributed by atoms with Gasteiger partial charge in [0.05, 0.1) is 0 Å². The van der Waals surface area contributed by atoms with Gasteiger partial charge >= 0.3 is 0 Å². The van der Waals surface area contributed by atoms with Crippen LogP contribution in [-0.2, 0) is 11.2 Å². The molecule has 0 fully saturated rings. The first-order valence-corrected chi connectivity index (χ1v) is 7.70. The van der Waals surface area contributed by atoms with Gasteiger partial charge in [0.15, 0.2) is 0 Å². The van der Waals surface area contributed by atoms with Crippen molar-refractivity contribution in [1.82, 2.24) is 4.98 Å². The van der Waals surface area contributed by atoms with Gasteiger partial charge in [0, 0.05) is 34.2 Å². The lowest BCUT2D eigenvalue weighted by Crippen LogP contribution is -2.11. The Hall–Kier alpha value is -2.26. The van der Waals surface area contributed by atoms with Crippen LogP contribution in [0.3, 0.4) is 0 Å². The molecule has 0 aliphatic heterocycles. The highest BCUT2D eigenvalue weighted by Crippen LogP contribution is 2.19. The van der Waals surface area contributed by atoms with Crippen LogP contribution >= 0.6 is 11.6 Å². The summed E-state index contributed by atoms with van der Waals surface area (Å²) in [6, 6.07) is 15.4. The minimum absolute atomic E-state index is 0.0298. The van der Waals surface area contributed by atoms with Crippen molar-refractivity contribution in [1.29, 1.82) is 0 Å². The van der Waals surface area contributed by atoms with Crippen molar-refractivity contribution in [3.63, 3.8) is 0 Å². The second kappa shape index (κ2) is 6.67. The SMILES string of the molecule is O=C(CCCc1c[nH]c2ccccc12)Nc1ccc(Cl)cc1. The molecule has 3 rings (SSSR count). The molecule has 4 heteroatoms. The average Bonchev–Trinajstić information content (AvgIpc) is 2.93. The summed E-state index contributed by atoms with van der Waals surface area (Å²) in [5, 5.41) is 4.78. The van der Waals surface area contributed by atoms with Crippen molar-refractivity contribution in [2.45, 2.75) is 19.3 Å². The quantitative estimate of drug-likeness (QED) is 0.699. The first-order chi connectivity index (χ1) is 10.7. The summed E-state index contributed by atoms with van der Waals surface area (Å²) in [6.45, 7) is 0. The highest BCUT2D eigenvalue weighted by molar-refractivity contribution is 6.30. The number of para-hydroxylation sites is 1. The number of hydrogen-bond acceptors (Lipinski definition) is 1. The van der Waals surface area contributed by atoms with Crippen molar-refractivity contribution >= 4 is 34.1 Å². The predicted octanol–water partition coefficient (Wildman–Crippen LogP) is 4.78. The number of H-pyrrole nitrogens is 1. The van der Waals surface area contributed by atoms with Gasteiger partial charge in [-0.25, -0.2) is 0 Å². The van der Waals surface area contributed by atoms with E-state index < -0.39 is 0 Å². The third-order valence-electron chi connectivity index (χ3n) is 3.65. The molecule has 0 atom stereocenters. The molecule has 112 valence electrons. The fourth-order valence-corrected chi connectivity index (χ4v) is 2.66. The number of hydrogen-bond donors (Lipinski definition) is 2. The van der Waals surface area contributed by atoms with E-state index in [-0.39, 0.29) is 5.91 Å². The maximum Gasteiger partial charge on any atom is 0.224 e. The monoisotopic (exact) mass is 312 g/mol. The summed E-state index contributed by atoms with van der Waals surface area (Å²) in [5.41, 5.74) is 3.18. The van der Waals surface area contributed by atoms with Gasteiger partial charge in [-0.1, -0.05) is 29.8 Å². The number of rotatable bonds is 5. The minimum atomic E-state index is 0.0298. The zero-order valence-corrected chi connectivity index (χ0v) is 12.9. The molecule has 1 aromatic heterocycles. The lowest BCUT2D eigenvalue weighted by atomic mass is 10.1.